The second-order valence-corrected chi connectivity index (χ2v) is 6.59. The van der Waals surface area contributed by atoms with Gasteiger partial charge >= 0.3 is 0 Å². The topological polar surface area (TPSA) is 54.0 Å². The quantitative estimate of drug-likeness (QED) is 0.824. The van der Waals surface area contributed by atoms with Crippen molar-refractivity contribution in [3.63, 3.8) is 0 Å². The van der Waals surface area contributed by atoms with Crippen LogP contribution in [-0.4, -0.2) is 23.0 Å². The largest absolute Gasteiger partial charge is 0.323 e. The number of carbonyl (C=O) groups excluding carboxylic acids is 1. The smallest absolute Gasteiger partial charge is 0.241 e. The van der Waals surface area contributed by atoms with Gasteiger partial charge in [-0.2, -0.15) is 0 Å². The number of hydrogen-bond acceptors (Lipinski definition) is 3. The zero-order chi connectivity index (χ0) is 14.8. The third kappa shape index (κ3) is 3.38. The average molecular weight is 308 g/mol. The monoisotopic (exact) mass is 307 g/mol. The lowest BCUT2D eigenvalue weighted by atomic mass is 9.77. The summed E-state index contributed by atoms with van der Waals surface area (Å²) in [5.74, 6) is 0.813. The summed E-state index contributed by atoms with van der Waals surface area (Å²) in [5.41, 5.74) is 1.50. The van der Waals surface area contributed by atoms with E-state index in [-0.39, 0.29) is 11.9 Å². The van der Waals surface area contributed by atoms with Gasteiger partial charge in [-0.05, 0) is 50.7 Å². The van der Waals surface area contributed by atoms with Crippen molar-refractivity contribution in [2.24, 2.45) is 5.92 Å². The summed E-state index contributed by atoms with van der Waals surface area (Å²) in [6.07, 6.45) is 7.22. The van der Waals surface area contributed by atoms with Crippen molar-refractivity contribution in [1.82, 2.24) is 10.3 Å². The molecule has 0 spiro atoms. The first-order chi connectivity index (χ1) is 10.1. The van der Waals surface area contributed by atoms with Crippen molar-refractivity contribution in [1.29, 1.82) is 0 Å². The number of pyridine rings is 1. The normalized spacial score (nSPS) is 28.8. The molecule has 1 saturated carbocycles. The molecule has 2 aliphatic rings. The summed E-state index contributed by atoms with van der Waals surface area (Å²) in [4.78, 5) is 16.6. The molecule has 5 heteroatoms. The van der Waals surface area contributed by atoms with Crippen LogP contribution in [0.5, 0.6) is 0 Å². The lowest BCUT2D eigenvalue weighted by Gasteiger charge is -2.39. The van der Waals surface area contributed by atoms with Gasteiger partial charge in [0.15, 0.2) is 0 Å². The Morgan fingerprint density at radius 2 is 2.10 bits per heavy atom. The Labute approximate surface area is 130 Å². The summed E-state index contributed by atoms with van der Waals surface area (Å²) in [7, 11) is 0. The van der Waals surface area contributed by atoms with Gasteiger partial charge in [-0.25, -0.2) is 4.98 Å². The molecule has 0 aromatic carbocycles. The highest BCUT2D eigenvalue weighted by molar-refractivity contribution is 6.29. The van der Waals surface area contributed by atoms with Gasteiger partial charge < -0.3 is 10.6 Å². The maximum Gasteiger partial charge on any atom is 0.241 e. The first-order valence-corrected chi connectivity index (χ1v) is 8.21. The van der Waals surface area contributed by atoms with Gasteiger partial charge in [0.1, 0.15) is 5.15 Å². The van der Waals surface area contributed by atoms with Gasteiger partial charge in [0.25, 0.3) is 0 Å². The molecule has 3 rings (SSSR count). The summed E-state index contributed by atoms with van der Waals surface area (Å²) < 4.78 is 0. The number of halogens is 1. The van der Waals surface area contributed by atoms with Crippen molar-refractivity contribution in [2.75, 3.05) is 5.32 Å². The van der Waals surface area contributed by atoms with Crippen LogP contribution in [0.15, 0.2) is 12.1 Å². The van der Waals surface area contributed by atoms with E-state index < -0.39 is 0 Å². The number of aromatic nitrogens is 1. The van der Waals surface area contributed by atoms with Crippen LogP contribution in [0.1, 0.15) is 44.2 Å². The molecule has 0 bridgehead atoms. The van der Waals surface area contributed by atoms with Crippen molar-refractivity contribution >= 4 is 23.2 Å². The van der Waals surface area contributed by atoms with E-state index in [1.54, 1.807) is 6.07 Å². The molecule has 1 aromatic rings. The van der Waals surface area contributed by atoms with Crippen LogP contribution in [-0.2, 0) is 4.79 Å². The van der Waals surface area contributed by atoms with E-state index in [9.17, 15) is 4.79 Å². The summed E-state index contributed by atoms with van der Waals surface area (Å²) in [5, 5.41) is 6.98. The Morgan fingerprint density at radius 1 is 1.29 bits per heavy atom. The van der Waals surface area contributed by atoms with Crippen LogP contribution in [0.25, 0.3) is 0 Å². The van der Waals surface area contributed by atoms with Crippen molar-refractivity contribution < 1.29 is 4.79 Å². The third-order valence-corrected chi connectivity index (χ3v) is 4.99. The van der Waals surface area contributed by atoms with Gasteiger partial charge in [0.05, 0.1) is 17.4 Å². The van der Waals surface area contributed by atoms with Crippen LogP contribution < -0.4 is 10.6 Å². The van der Waals surface area contributed by atoms with E-state index in [4.69, 9.17) is 11.6 Å². The standard InChI is InChI=1S/C16H22ClN3O/c1-10-12(8-9-15(17)18-10)20-16(21)14-7-6-11-4-2-3-5-13(11)19-14/h8-9,11,13-14,19H,2-7H2,1H3,(H,20,21). The minimum Gasteiger partial charge on any atom is -0.323 e. The molecule has 4 nitrogen and oxygen atoms in total. The van der Waals surface area contributed by atoms with E-state index in [1.807, 2.05) is 13.0 Å². The van der Waals surface area contributed by atoms with Crippen LogP contribution in [0, 0.1) is 12.8 Å². The maximum absolute atomic E-state index is 12.4. The summed E-state index contributed by atoms with van der Waals surface area (Å²) in [6.45, 7) is 1.85. The number of nitrogens with one attached hydrogen (secondary N) is 2. The highest BCUT2D eigenvalue weighted by Gasteiger charge is 2.34. The van der Waals surface area contributed by atoms with Gasteiger partial charge in [-0.1, -0.05) is 24.4 Å². The zero-order valence-electron chi connectivity index (χ0n) is 12.4. The summed E-state index contributed by atoms with van der Waals surface area (Å²) >= 11 is 5.84. The minimum atomic E-state index is -0.0839. The fourth-order valence-corrected chi connectivity index (χ4v) is 3.77. The third-order valence-electron chi connectivity index (χ3n) is 4.78. The Morgan fingerprint density at radius 3 is 2.90 bits per heavy atom. The molecule has 21 heavy (non-hydrogen) atoms. The van der Waals surface area contributed by atoms with E-state index in [0.717, 1.165) is 30.1 Å². The first kappa shape index (κ1) is 14.8. The Kier molecular flexibility index (Phi) is 4.45. The van der Waals surface area contributed by atoms with E-state index >= 15 is 0 Å². The fraction of sp³-hybridized carbons (Fsp3) is 0.625. The molecule has 2 N–H and O–H groups in total. The van der Waals surface area contributed by atoms with E-state index in [0.29, 0.717) is 11.2 Å². The average Bonchev–Trinajstić information content (AvgIpc) is 2.49. The number of anilines is 1. The molecule has 114 valence electrons. The van der Waals surface area contributed by atoms with Gasteiger partial charge in [0.2, 0.25) is 5.91 Å². The first-order valence-electron chi connectivity index (χ1n) is 7.83. The maximum atomic E-state index is 12.4. The SMILES string of the molecule is Cc1nc(Cl)ccc1NC(=O)C1CCC2CCCCC2N1. The van der Waals surface area contributed by atoms with Gasteiger partial charge in [-0.3, -0.25) is 4.79 Å². The predicted octanol–water partition coefficient (Wildman–Crippen LogP) is 3.29. The van der Waals surface area contributed by atoms with Gasteiger partial charge in [0, 0.05) is 6.04 Å². The van der Waals surface area contributed by atoms with Crippen molar-refractivity contribution in [3.05, 3.63) is 23.0 Å². The van der Waals surface area contributed by atoms with E-state index in [2.05, 4.69) is 15.6 Å². The van der Waals surface area contributed by atoms with Crippen LogP contribution >= 0.6 is 11.6 Å². The number of piperidine rings is 1. The lowest BCUT2D eigenvalue weighted by Crippen LogP contribution is -2.53. The second-order valence-electron chi connectivity index (χ2n) is 6.20. The minimum absolute atomic E-state index is 0.0474. The molecule has 1 aliphatic heterocycles. The molecule has 3 unspecified atom stereocenters. The number of carbonyl (C=O) groups is 1. The molecular formula is C16H22ClN3O. The number of rotatable bonds is 2. The molecule has 1 aromatic heterocycles. The van der Waals surface area contributed by atoms with Crippen molar-refractivity contribution in [3.8, 4) is 0 Å². The Bertz CT molecular complexity index is 534. The molecule has 1 amide bonds. The highest BCUT2D eigenvalue weighted by atomic mass is 35.5. The molecule has 1 aliphatic carbocycles. The zero-order valence-corrected chi connectivity index (χ0v) is 13.1. The highest BCUT2D eigenvalue weighted by Crippen LogP contribution is 2.32. The van der Waals surface area contributed by atoms with Gasteiger partial charge in [-0.15, -0.1) is 0 Å². The molecule has 0 radical (unpaired) electrons. The number of amides is 1. The Balaban J connectivity index is 1.63. The van der Waals surface area contributed by atoms with E-state index in [1.165, 1.54) is 25.7 Å². The van der Waals surface area contributed by atoms with Crippen LogP contribution in [0.4, 0.5) is 5.69 Å². The number of fused-ring (bicyclic) bond motifs is 1. The molecular weight excluding hydrogens is 286 g/mol. The number of hydrogen-bond donors (Lipinski definition) is 2. The molecule has 2 fully saturated rings. The van der Waals surface area contributed by atoms with Crippen molar-refractivity contribution in [2.45, 2.75) is 57.5 Å². The molecule has 2 heterocycles. The predicted molar refractivity (Wildman–Crippen MR) is 84.5 cm³/mol. The van der Waals surface area contributed by atoms with Crippen LogP contribution in [0.3, 0.4) is 0 Å². The Hall–Kier alpha value is -1.13. The van der Waals surface area contributed by atoms with Crippen LogP contribution in [0.2, 0.25) is 5.15 Å². The number of nitrogens with zero attached hydrogens (tertiary/aromatic N) is 1. The lowest BCUT2D eigenvalue weighted by molar-refractivity contribution is -0.119. The summed E-state index contributed by atoms with van der Waals surface area (Å²) in [6, 6.07) is 3.96. The number of aryl methyl sites for hydroxylation is 1. The molecule has 1 saturated heterocycles. The fourth-order valence-electron chi connectivity index (χ4n) is 3.58. The second kappa shape index (κ2) is 6.32. The molecule has 3 atom stereocenters.